The second-order valence-corrected chi connectivity index (χ2v) is 4.17. The molecule has 3 nitrogen and oxygen atoms in total. The van der Waals surface area contributed by atoms with Gasteiger partial charge in [0.2, 0.25) is 0 Å². The highest BCUT2D eigenvalue weighted by Crippen LogP contribution is 2.53. The van der Waals surface area contributed by atoms with E-state index in [9.17, 15) is 18.7 Å². The number of carboxylic acids is 1. The molecule has 1 aliphatic carbocycles. The average Bonchev–Trinajstić information content (AvgIpc) is 2.97. The summed E-state index contributed by atoms with van der Waals surface area (Å²) in [4.78, 5) is 11.0. The maximum atomic E-state index is 13.5. The SMILES string of the molecule is O=C(O)C1(c2c(O)c(Cl)cc(F)c2F)CC1. The van der Waals surface area contributed by atoms with Crippen molar-refractivity contribution in [1.82, 2.24) is 0 Å². The molecule has 1 fully saturated rings. The predicted molar refractivity (Wildman–Crippen MR) is 51.6 cm³/mol. The highest BCUT2D eigenvalue weighted by molar-refractivity contribution is 6.32. The van der Waals surface area contributed by atoms with Crippen molar-refractivity contribution in [2.45, 2.75) is 18.3 Å². The van der Waals surface area contributed by atoms with Gasteiger partial charge >= 0.3 is 5.97 Å². The predicted octanol–water partition coefficient (Wildman–Crippen LogP) is 2.44. The van der Waals surface area contributed by atoms with Gasteiger partial charge in [-0.05, 0) is 18.9 Å². The van der Waals surface area contributed by atoms with Gasteiger partial charge < -0.3 is 10.2 Å². The molecule has 2 N–H and O–H groups in total. The Balaban J connectivity index is 2.70. The van der Waals surface area contributed by atoms with Crippen LogP contribution in [0, 0.1) is 11.6 Å². The van der Waals surface area contributed by atoms with Crippen molar-refractivity contribution < 1.29 is 23.8 Å². The number of carbonyl (C=O) groups is 1. The zero-order valence-corrected chi connectivity index (χ0v) is 8.68. The maximum absolute atomic E-state index is 13.5. The summed E-state index contributed by atoms with van der Waals surface area (Å²) in [5.74, 6) is -4.59. The third-order valence-electron chi connectivity index (χ3n) is 2.78. The molecular weight excluding hydrogens is 242 g/mol. The Kier molecular flexibility index (Phi) is 2.31. The number of aliphatic carboxylic acids is 1. The highest BCUT2D eigenvalue weighted by atomic mass is 35.5. The van der Waals surface area contributed by atoms with E-state index < -0.39 is 34.3 Å². The van der Waals surface area contributed by atoms with Crippen LogP contribution < -0.4 is 0 Å². The summed E-state index contributed by atoms with van der Waals surface area (Å²) in [5, 5.41) is 18.1. The van der Waals surface area contributed by atoms with Crippen molar-refractivity contribution in [2.75, 3.05) is 0 Å². The molecule has 1 aromatic carbocycles. The molecule has 86 valence electrons. The van der Waals surface area contributed by atoms with Gasteiger partial charge in [-0.1, -0.05) is 11.6 Å². The molecule has 0 unspecified atom stereocenters. The van der Waals surface area contributed by atoms with E-state index in [2.05, 4.69) is 0 Å². The fourth-order valence-electron chi connectivity index (χ4n) is 1.72. The van der Waals surface area contributed by atoms with Crippen molar-refractivity contribution in [3.05, 3.63) is 28.3 Å². The van der Waals surface area contributed by atoms with Crippen LogP contribution in [0.3, 0.4) is 0 Å². The molecule has 0 saturated heterocycles. The normalized spacial score (nSPS) is 17.2. The molecular formula is C10H7ClF2O3. The van der Waals surface area contributed by atoms with Crippen LogP contribution in [0.5, 0.6) is 5.75 Å². The maximum Gasteiger partial charge on any atom is 0.314 e. The first-order valence-corrected chi connectivity index (χ1v) is 4.88. The Morgan fingerprint density at radius 1 is 1.44 bits per heavy atom. The van der Waals surface area contributed by atoms with Crippen LogP contribution in [0.15, 0.2) is 6.07 Å². The Morgan fingerprint density at radius 2 is 2.00 bits per heavy atom. The summed E-state index contributed by atoms with van der Waals surface area (Å²) in [6.45, 7) is 0. The summed E-state index contributed by atoms with van der Waals surface area (Å²) >= 11 is 5.48. The molecule has 0 amide bonds. The number of benzene rings is 1. The van der Waals surface area contributed by atoms with Crippen LogP contribution in [0.25, 0.3) is 0 Å². The summed E-state index contributed by atoms with van der Waals surface area (Å²) in [6, 6.07) is 0.619. The monoisotopic (exact) mass is 248 g/mol. The van der Waals surface area contributed by atoms with Crippen molar-refractivity contribution >= 4 is 17.6 Å². The van der Waals surface area contributed by atoms with E-state index in [1.807, 2.05) is 0 Å². The Hall–Kier alpha value is -1.36. The molecule has 0 bridgehead atoms. The van der Waals surface area contributed by atoms with Crippen molar-refractivity contribution in [3.63, 3.8) is 0 Å². The summed E-state index contributed by atoms with van der Waals surface area (Å²) in [6.07, 6.45) is 0.319. The lowest BCUT2D eigenvalue weighted by atomic mass is 9.94. The Labute approximate surface area is 94.3 Å². The molecule has 1 aliphatic rings. The van der Waals surface area contributed by atoms with Crippen LogP contribution in [0.4, 0.5) is 8.78 Å². The largest absolute Gasteiger partial charge is 0.506 e. The standard InChI is InChI=1S/C10H7ClF2O3/c11-4-3-5(12)7(13)6(8(4)14)10(1-2-10)9(15)16/h3,14H,1-2H2,(H,15,16). The fraction of sp³-hybridized carbons (Fsp3) is 0.300. The van der Waals surface area contributed by atoms with E-state index in [-0.39, 0.29) is 17.9 Å². The van der Waals surface area contributed by atoms with Crippen molar-refractivity contribution in [3.8, 4) is 5.75 Å². The molecule has 6 heteroatoms. The number of rotatable bonds is 2. The quantitative estimate of drug-likeness (QED) is 0.791. The van der Waals surface area contributed by atoms with Crippen molar-refractivity contribution in [1.29, 1.82) is 0 Å². The summed E-state index contributed by atoms with van der Waals surface area (Å²) < 4.78 is 26.6. The van der Waals surface area contributed by atoms with Gasteiger partial charge in [-0.15, -0.1) is 0 Å². The molecule has 0 heterocycles. The molecule has 0 aliphatic heterocycles. The van der Waals surface area contributed by atoms with Crippen LogP contribution in [0.2, 0.25) is 5.02 Å². The van der Waals surface area contributed by atoms with E-state index in [1.54, 1.807) is 0 Å². The molecule has 0 radical (unpaired) electrons. The van der Waals surface area contributed by atoms with E-state index in [4.69, 9.17) is 16.7 Å². The lowest BCUT2D eigenvalue weighted by molar-refractivity contribution is -0.140. The molecule has 2 rings (SSSR count). The lowest BCUT2D eigenvalue weighted by Crippen LogP contribution is -2.22. The Morgan fingerprint density at radius 3 is 2.44 bits per heavy atom. The zero-order valence-electron chi connectivity index (χ0n) is 7.93. The minimum Gasteiger partial charge on any atom is -0.506 e. The number of hydrogen-bond acceptors (Lipinski definition) is 2. The molecule has 16 heavy (non-hydrogen) atoms. The minimum absolute atomic E-state index is 0.159. The molecule has 0 aromatic heterocycles. The molecule has 1 saturated carbocycles. The minimum atomic E-state index is -1.53. The first-order chi connectivity index (χ1) is 7.40. The second-order valence-electron chi connectivity index (χ2n) is 3.77. The van der Waals surface area contributed by atoms with Crippen LogP contribution in [-0.4, -0.2) is 16.2 Å². The van der Waals surface area contributed by atoms with E-state index in [1.165, 1.54) is 0 Å². The van der Waals surface area contributed by atoms with Crippen LogP contribution >= 0.6 is 11.6 Å². The first-order valence-electron chi connectivity index (χ1n) is 4.50. The molecule has 0 atom stereocenters. The number of phenols is 1. The highest BCUT2D eigenvalue weighted by Gasteiger charge is 2.55. The van der Waals surface area contributed by atoms with E-state index >= 15 is 0 Å². The number of phenolic OH excluding ortho intramolecular Hbond substituents is 1. The number of aromatic hydroxyl groups is 1. The van der Waals surface area contributed by atoms with Crippen molar-refractivity contribution in [2.24, 2.45) is 0 Å². The van der Waals surface area contributed by atoms with Crippen LogP contribution in [0.1, 0.15) is 18.4 Å². The zero-order chi connectivity index (χ0) is 12.1. The van der Waals surface area contributed by atoms with Crippen LogP contribution in [-0.2, 0) is 10.2 Å². The smallest absolute Gasteiger partial charge is 0.314 e. The Bertz CT molecular complexity index is 457. The van der Waals surface area contributed by atoms with E-state index in [0.717, 1.165) is 0 Å². The lowest BCUT2D eigenvalue weighted by Gasteiger charge is -2.14. The molecule has 0 spiro atoms. The second kappa shape index (κ2) is 3.31. The topological polar surface area (TPSA) is 57.5 Å². The number of hydrogen-bond donors (Lipinski definition) is 2. The van der Waals surface area contributed by atoms with Gasteiger partial charge in [0.25, 0.3) is 0 Å². The van der Waals surface area contributed by atoms with Gasteiger partial charge in [-0.3, -0.25) is 4.79 Å². The van der Waals surface area contributed by atoms with Gasteiger partial charge in [0, 0.05) is 0 Å². The van der Waals surface area contributed by atoms with Gasteiger partial charge in [-0.25, -0.2) is 8.78 Å². The number of halogens is 3. The summed E-state index contributed by atoms with van der Waals surface area (Å²) in [7, 11) is 0. The molecule has 1 aromatic rings. The van der Waals surface area contributed by atoms with E-state index in [0.29, 0.717) is 6.07 Å². The summed E-state index contributed by atoms with van der Waals surface area (Å²) in [5.41, 5.74) is -2.08. The van der Waals surface area contributed by atoms with Gasteiger partial charge in [0.15, 0.2) is 11.6 Å². The average molecular weight is 249 g/mol. The van der Waals surface area contributed by atoms with Gasteiger partial charge in [0.1, 0.15) is 5.75 Å². The first kappa shape index (κ1) is 11.1. The number of carboxylic acid groups (broad SMARTS) is 1. The van der Waals surface area contributed by atoms with Gasteiger partial charge in [0.05, 0.1) is 16.0 Å². The van der Waals surface area contributed by atoms with Gasteiger partial charge in [-0.2, -0.15) is 0 Å². The fourth-order valence-corrected chi connectivity index (χ4v) is 1.91. The third kappa shape index (κ3) is 1.35. The third-order valence-corrected chi connectivity index (χ3v) is 3.07.